The Morgan fingerprint density at radius 3 is 2.67 bits per heavy atom. The molecule has 6 nitrogen and oxygen atoms in total. The zero-order valence-corrected chi connectivity index (χ0v) is 15.9. The maximum Gasteiger partial charge on any atom is 0.286 e. The number of rotatable bonds is 9. The fourth-order valence-corrected chi connectivity index (χ4v) is 3.24. The fourth-order valence-electron chi connectivity index (χ4n) is 3.24. The van der Waals surface area contributed by atoms with Gasteiger partial charge in [0.25, 0.3) is 5.91 Å². The molecule has 2 aliphatic rings. The Balaban J connectivity index is 1.69. The van der Waals surface area contributed by atoms with Crippen LogP contribution in [0.25, 0.3) is 0 Å². The number of nitrogens with one attached hydrogen (secondary N) is 1. The quantitative estimate of drug-likeness (QED) is 0.649. The summed E-state index contributed by atoms with van der Waals surface area (Å²) in [4.78, 5) is 12.6. The van der Waals surface area contributed by atoms with E-state index in [0.29, 0.717) is 25.2 Å². The largest absolute Gasteiger partial charge is 0.497 e. The zero-order valence-electron chi connectivity index (χ0n) is 15.9. The van der Waals surface area contributed by atoms with Crippen molar-refractivity contribution >= 4 is 5.91 Å². The van der Waals surface area contributed by atoms with Crippen molar-refractivity contribution in [2.45, 2.75) is 56.8 Å². The van der Waals surface area contributed by atoms with Crippen molar-refractivity contribution in [1.29, 1.82) is 0 Å². The monoisotopic (exact) mass is 375 g/mol. The third-order valence-electron chi connectivity index (χ3n) is 5.12. The molecule has 0 aromatic heterocycles. The molecule has 1 aliphatic heterocycles. The lowest BCUT2D eigenvalue weighted by Gasteiger charge is -2.31. The molecule has 6 heteroatoms. The highest BCUT2D eigenvalue weighted by Gasteiger charge is 2.30. The van der Waals surface area contributed by atoms with E-state index in [1.165, 1.54) is 0 Å². The van der Waals surface area contributed by atoms with E-state index < -0.39 is 6.29 Å². The molecule has 148 valence electrons. The molecule has 1 aliphatic carbocycles. The van der Waals surface area contributed by atoms with Crippen LogP contribution in [0.1, 0.15) is 50.0 Å². The average Bonchev–Trinajstić information content (AvgIpc) is 2.67. The van der Waals surface area contributed by atoms with Crippen molar-refractivity contribution in [2.24, 2.45) is 0 Å². The molecular weight excluding hydrogens is 346 g/mol. The van der Waals surface area contributed by atoms with Crippen LogP contribution in [-0.2, 0) is 14.3 Å². The zero-order chi connectivity index (χ0) is 19.1. The summed E-state index contributed by atoms with van der Waals surface area (Å²) in [6, 6.07) is 8.12. The van der Waals surface area contributed by atoms with Gasteiger partial charge in [-0.3, -0.25) is 4.79 Å². The molecule has 0 bridgehead atoms. The lowest BCUT2D eigenvalue weighted by atomic mass is 9.91. The van der Waals surface area contributed by atoms with Gasteiger partial charge in [0.15, 0.2) is 5.76 Å². The Bertz CT molecular complexity index is 638. The van der Waals surface area contributed by atoms with Crippen LogP contribution >= 0.6 is 0 Å². The first-order valence-electron chi connectivity index (χ1n) is 9.75. The second kappa shape index (κ2) is 9.76. The molecule has 27 heavy (non-hydrogen) atoms. The van der Waals surface area contributed by atoms with Crippen LogP contribution in [-0.4, -0.2) is 43.7 Å². The first-order chi connectivity index (χ1) is 13.2. The number of aliphatic hydroxyl groups is 1. The van der Waals surface area contributed by atoms with Crippen molar-refractivity contribution in [2.75, 3.05) is 20.3 Å². The Labute approximate surface area is 160 Å². The van der Waals surface area contributed by atoms with Gasteiger partial charge in [0.05, 0.1) is 13.7 Å². The first-order valence-corrected chi connectivity index (χ1v) is 9.75. The maximum absolute atomic E-state index is 12.6. The van der Waals surface area contributed by atoms with Crippen LogP contribution in [0.5, 0.6) is 5.75 Å². The van der Waals surface area contributed by atoms with Gasteiger partial charge in [0, 0.05) is 25.0 Å². The molecule has 2 N–H and O–H groups in total. The van der Waals surface area contributed by atoms with Crippen molar-refractivity contribution in [3.05, 3.63) is 41.7 Å². The number of carbonyl (C=O) groups excluding carboxylic acids is 1. The molecule has 1 aromatic rings. The minimum absolute atomic E-state index is 0.0367. The van der Waals surface area contributed by atoms with Gasteiger partial charge >= 0.3 is 0 Å². The van der Waals surface area contributed by atoms with Crippen LogP contribution in [0.15, 0.2) is 36.1 Å². The van der Waals surface area contributed by atoms with E-state index in [1.807, 2.05) is 30.3 Å². The molecule has 1 amide bonds. The first kappa shape index (κ1) is 19.7. The van der Waals surface area contributed by atoms with Gasteiger partial charge in [0.1, 0.15) is 5.75 Å². The van der Waals surface area contributed by atoms with Gasteiger partial charge in [-0.05, 0) is 55.9 Å². The number of amides is 1. The summed E-state index contributed by atoms with van der Waals surface area (Å²) in [6.45, 7) is 0.649. The highest BCUT2D eigenvalue weighted by atomic mass is 16.7. The molecule has 3 rings (SSSR count). The van der Waals surface area contributed by atoms with Crippen LogP contribution in [0.3, 0.4) is 0 Å². The fraction of sp³-hybridized carbons (Fsp3) is 0.571. The van der Waals surface area contributed by atoms with E-state index >= 15 is 0 Å². The lowest BCUT2D eigenvalue weighted by molar-refractivity contribution is -0.147. The molecule has 0 unspecified atom stereocenters. The summed E-state index contributed by atoms with van der Waals surface area (Å²) in [5, 5.41) is 11.9. The molecule has 0 saturated heterocycles. The summed E-state index contributed by atoms with van der Waals surface area (Å²) in [5.74, 6) is 1.01. The van der Waals surface area contributed by atoms with E-state index in [2.05, 4.69) is 5.32 Å². The average molecular weight is 375 g/mol. The Kier molecular flexibility index (Phi) is 7.12. The molecule has 1 heterocycles. The number of unbranched alkanes of at least 4 members (excludes halogenated alkanes) is 1. The van der Waals surface area contributed by atoms with E-state index in [9.17, 15) is 4.79 Å². The number of benzene rings is 1. The summed E-state index contributed by atoms with van der Waals surface area (Å²) >= 11 is 0. The molecule has 1 aromatic carbocycles. The predicted molar refractivity (Wildman–Crippen MR) is 101 cm³/mol. The number of methoxy groups -OCH3 is 1. The highest BCUT2D eigenvalue weighted by molar-refractivity contribution is 5.92. The van der Waals surface area contributed by atoms with Gasteiger partial charge < -0.3 is 24.6 Å². The van der Waals surface area contributed by atoms with E-state index in [1.54, 1.807) is 7.11 Å². The summed E-state index contributed by atoms with van der Waals surface area (Å²) in [7, 11) is 1.64. The third-order valence-corrected chi connectivity index (χ3v) is 5.12. The van der Waals surface area contributed by atoms with Gasteiger partial charge in [-0.2, -0.15) is 0 Å². The summed E-state index contributed by atoms with van der Waals surface area (Å²) in [6.07, 6.45) is 6.74. The predicted octanol–water partition coefficient (Wildman–Crippen LogP) is 2.87. The topological polar surface area (TPSA) is 77.0 Å². The van der Waals surface area contributed by atoms with Crippen molar-refractivity contribution in [3.63, 3.8) is 0 Å². The van der Waals surface area contributed by atoms with E-state index in [0.717, 1.165) is 37.0 Å². The van der Waals surface area contributed by atoms with E-state index in [4.69, 9.17) is 19.3 Å². The number of carbonyl (C=O) groups is 1. The SMILES string of the molecule is COc1ccc([C@H]2C=C(C(=O)NC3CCC3)O[C@@H](OCCCCO)C2)cc1. The molecule has 0 radical (unpaired) electrons. The van der Waals surface area contributed by atoms with Gasteiger partial charge in [-0.25, -0.2) is 0 Å². The molecular formula is C21H29NO5. The van der Waals surface area contributed by atoms with E-state index in [-0.39, 0.29) is 24.5 Å². The molecule has 2 atom stereocenters. The number of hydrogen-bond acceptors (Lipinski definition) is 5. The normalized spacial score (nSPS) is 22.4. The summed E-state index contributed by atoms with van der Waals surface area (Å²) < 4.78 is 16.9. The van der Waals surface area contributed by atoms with Gasteiger partial charge in [0.2, 0.25) is 6.29 Å². The van der Waals surface area contributed by atoms with Gasteiger partial charge in [-0.15, -0.1) is 0 Å². The van der Waals surface area contributed by atoms with Crippen LogP contribution in [0.2, 0.25) is 0 Å². The van der Waals surface area contributed by atoms with Crippen LogP contribution < -0.4 is 10.1 Å². The molecule has 0 spiro atoms. The van der Waals surface area contributed by atoms with Crippen LogP contribution in [0, 0.1) is 0 Å². The summed E-state index contributed by atoms with van der Waals surface area (Å²) in [5.41, 5.74) is 1.09. The van der Waals surface area contributed by atoms with Crippen molar-refractivity contribution < 1.29 is 24.1 Å². The third kappa shape index (κ3) is 5.47. The maximum atomic E-state index is 12.6. The number of hydrogen-bond donors (Lipinski definition) is 2. The highest BCUT2D eigenvalue weighted by Crippen LogP contribution is 2.32. The Morgan fingerprint density at radius 1 is 1.26 bits per heavy atom. The number of allylic oxidation sites excluding steroid dienone is 1. The minimum atomic E-state index is -0.470. The smallest absolute Gasteiger partial charge is 0.286 e. The standard InChI is InChI=1S/C21H29NO5/c1-25-18-9-7-15(8-10-18)16-13-19(21(24)22-17-5-4-6-17)27-20(14-16)26-12-3-2-11-23/h7-10,13,16-17,20,23H,2-6,11-12,14H2,1H3,(H,22,24)/t16-,20+/m0/s1. The number of ether oxygens (including phenoxy) is 3. The number of aliphatic hydroxyl groups excluding tert-OH is 1. The second-order valence-electron chi connectivity index (χ2n) is 7.10. The van der Waals surface area contributed by atoms with Crippen molar-refractivity contribution in [1.82, 2.24) is 5.32 Å². The molecule has 1 saturated carbocycles. The van der Waals surface area contributed by atoms with Gasteiger partial charge in [-0.1, -0.05) is 12.1 Å². The second-order valence-corrected chi connectivity index (χ2v) is 7.10. The molecule has 1 fully saturated rings. The minimum Gasteiger partial charge on any atom is -0.497 e. The Morgan fingerprint density at radius 2 is 2.04 bits per heavy atom. The van der Waals surface area contributed by atoms with Crippen LogP contribution in [0.4, 0.5) is 0 Å². The Hall–Kier alpha value is -2.05. The van der Waals surface area contributed by atoms with Crippen molar-refractivity contribution in [3.8, 4) is 5.75 Å². The lowest BCUT2D eigenvalue weighted by Crippen LogP contribution is -2.42.